The van der Waals surface area contributed by atoms with Crippen LogP contribution in [0.15, 0.2) is 29.2 Å². The van der Waals surface area contributed by atoms with Crippen molar-refractivity contribution < 1.29 is 17.9 Å². The molecular weight excluding hydrogens is 318 g/mol. The summed E-state index contributed by atoms with van der Waals surface area (Å²) in [6, 6.07) is 6.35. The molecule has 0 radical (unpaired) electrons. The lowest BCUT2D eigenvalue weighted by atomic mass is 10.3. The van der Waals surface area contributed by atoms with Crippen molar-refractivity contribution in [3.63, 3.8) is 0 Å². The molecule has 1 aliphatic rings. The van der Waals surface area contributed by atoms with Crippen LogP contribution in [0.2, 0.25) is 0 Å². The molecular formula is C15H23N3O4S. The standard InChI is InChI=1S/C15H23N3O4S/c1-16-12-15(19)17-8-3-9-18(11-10-17)23(20,21)14-6-4-13(22-2)5-7-14/h4-7,16H,3,8-12H2,1-2H3. The molecule has 0 unspecified atom stereocenters. The number of carbonyl (C=O) groups excluding carboxylic acids is 1. The molecule has 2 rings (SSSR count). The summed E-state index contributed by atoms with van der Waals surface area (Å²) in [7, 11) is -0.292. The second-order valence-electron chi connectivity index (χ2n) is 5.34. The molecule has 8 heteroatoms. The molecule has 0 bridgehead atoms. The number of hydrogen-bond donors (Lipinski definition) is 1. The summed E-state index contributed by atoms with van der Waals surface area (Å²) < 4.78 is 31.9. The third kappa shape index (κ3) is 4.21. The first kappa shape index (κ1) is 17.7. The van der Waals surface area contributed by atoms with Crippen LogP contribution in [0.25, 0.3) is 0 Å². The summed E-state index contributed by atoms with van der Waals surface area (Å²) in [5, 5.41) is 2.83. The SMILES string of the molecule is CNCC(=O)N1CCCN(S(=O)(=O)c2ccc(OC)cc2)CC1. The Bertz CT molecular complexity index is 631. The van der Waals surface area contributed by atoms with Crippen molar-refractivity contribution in [2.45, 2.75) is 11.3 Å². The Morgan fingerprint density at radius 1 is 1.17 bits per heavy atom. The van der Waals surface area contributed by atoms with Crippen LogP contribution in [-0.4, -0.2) is 70.4 Å². The Morgan fingerprint density at radius 3 is 2.48 bits per heavy atom. The minimum absolute atomic E-state index is 0.00352. The van der Waals surface area contributed by atoms with E-state index in [9.17, 15) is 13.2 Å². The predicted molar refractivity (Wildman–Crippen MR) is 86.9 cm³/mol. The Kier molecular flexibility index (Phi) is 5.97. The van der Waals surface area contributed by atoms with E-state index in [4.69, 9.17) is 4.74 Å². The molecule has 0 saturated carbocycles. The Morgan fingerprint density at radius 2 is 1.87 bits per heavy atom. The van der Waals surface area contributed by atoms with Gasteiger partial charge < -0.3 is 15.0 Å². The van der Waals surface area contributed by atoms with Crippen LogP contribution in [-0.2, 0) is 14.8 Å². The summed E-state index contributed by atoms with van der Waals surface area (Å²) in [4.78, 5) is 13.9. The maximum absolute atomic E-state index is 12.7. The molecule has 0 spiro atoms. The second-order valence-corrected chi connectivity index (χ2v) is 7.28. The quantitative estimate of drug-likeness (QED) is 0.824. The van der Waals surface area contributed by atoms with E-state index in [1.54, 1.807) is 36.2 Å². The minimum atomic E-state index is -3.55. The Balaban J connectivity index is 2.09. The van der Waals surface area contributed by atoms with E-state index in [-0.39, 0.29) is 17.3 Å². The van der Waals surface area contributed by atoms with E-state index in [2.05, 4.69) is 5.32 Å². The van der Waals surface area contributed by atoms with Crippen molar-refractivity contribution in [2.24, 2.45) is 0 Å². The number of methoxy groups -OCH3 is 1. The van der Waals surface area contributed by atoms with Crippen LogP contribution in [0.3, 0.4) is 0 Å². The van der Waals surface area contributed by atoms with Gasteiger partial charge in [-0.15, -0.1) is 0 Å². The summed E-state index contributed by atoms with van der Waals surface area (Å²) in [5.41, 5.74) is 0. The van der Waals surface area contributed by atoms with Crippen LogP contribution in [0.5, 0.6) is 5.75 Å². The number of nitrogens with zero attached hydrogens (tertiary/aromatic N) is 2. The largest absolute Gasteiger partial charge is 0.497 e. The van der Waals surface area contributed by atoms with Gasteiger partial charge in [0.05, 0.1) is 18.6 Å². The molecule has 1 N–H and O–H groups in total. The molecule has 0 aromatic heterocycles. The highest BCUT2D eigenvalue weighted by Gasteiger charge is 2.28. The summed E-state index contributed by atoms with van der Waals surface area (Å²) >= 11 is 0. The first-order valence-corrected chi connectivity index (χ1v) is 8.99. The molecule has 128 valence electrons. The zero-order valence-electron chi connectivity index (χ0n) is 13.5. The van der Waals surface area contributed by atoms with Gasteiger partial charge in [-0.3, -0.25) is 4.79 Å². The Hall–Kier alpha value is -1.64. The molecule has 23 heavy (non-hydrogen) atoms. The first-order valence-electron chi connectivity index (χ1n) is 7.55. The number of carbonyl (C=O) groups is 1. The maximum Gasteiger partial charge on any atom is 0.243 e. The third-order valence-electron chi connectivity index (χ3n) is 3.83. The smallest absolute Gasteiger partial charge is 0.243 e. The zero-order chi connectivity index (χ0) is 16.9. The van der Waals surface area contributed by atoms with E-state index in [1.807, 2.05) is 0 Å². The van der Waals surface area contributed by atoms with Gasteiger partial charge in [-0.05, 0) is 37.7 Å². The van der Waals surface area contributed by atoms with Crippen LogP contribution in [0.1, 0.15) is 6.42 Å². The van der Waals surface area contributed by atoms with Gasteiger partial charge in [0.25, 0.3) is 0 Å². The number of benzene rings is 1. The van der Waals surface area contributed by atoms with Gasteiger partial charge in [-0.2, -0.15) is 4.31 Å². The fourth-order valence-corrected chi connectivity index (χ4v) is 4.01. The van der Waals surface area contributed by atoms with Gasteiger partial charge in [0.2, 0.25) is 15.9 Å². The fourth-order valence-electron chi connectivity index (χ4n) is 2.54. The van der Waals surface area contributed by atoms with Crippen molar-refractivity contribution >= 4 is 15.9 Å². The lowest BCUT2D eigenvalue weighted by molar-refractivity contribution is -0.129. The number of amides is 1. The number of ether oxygens (including phenoxy) is 1. The predicted octanol–water partition coefficient (Wildman–Crippen LogP) is 0.138. The van der Waals surface area contributed by atoms with Crippen molar-refractivity contribution in [1.82, 2.24) is 14.5 Å². The van der Waals surface area contributed by atoms with Gasteiger partial charge in [0.15, 0.2) is 0 Å². The lowest BCUT2D eigenvalue weighted by Crippen LogP contribution is -2.40. The highest BCUT2D eigenvalue weighted by atomic mass is 32.2. The van der Waals surface area contributed by atoms with Crippen LogP contribution in [0.4, 0.5) is 0 Å². The van der Waals surface area contributed by atoms with Crippen molar-refractivity contribution in [3.05, 3.63) is 24.3 Å². The lowest BCUT2D eigenvalue weighted by Gasteiger charge is -2.22. The summed E-state index contributed by atoms with van der Waals surface area (Å²) in [5.74, 6) is 0.611. The number of likely N-dealkylation sites (N-methyl/N-ethyl adjacent to an activating group) is 1. The van der Waals surface area contributed by atoms with Gasteiger partial charge in [-0.1, -0.05) is 0 Å². The Labute approximate surface area is 137 Å². The molecule has 0 aliphatic carbocycles. The molecule has 1 aromatic rings. The topological polar surface area (TPSA) is 79.0 Å². The first-order chi connectivity index (χ1) is 11.0. The minimum Gasteiger partial charge on any atom is -0.497 e. The molecule has 0 atom stereocenters. The molecule has 1 heterocycles. The van der Waals surface area contributed by atoms with Crippen LogP contribution < -0.4 is 10.1 Å². The zero-order valence-corrected chi connectivity index (χ0v) is 14.3. The second kappa shape index (κ2) is 7.76. The number of nitrogens with one attached hydrogen (secondary N) is 1. The molecule has 1 aromatic carbocycles. The van der Waals surface area contributed by atoms with E-state index in [0.29, 0.717) is 38.3 Å². The van der Waals surface area contributed by atoms with Crippen molar-refractivity contribution in [2.75, 3.05) is 46.9 Å². The number of sulfonamides is 1. The van der Waals surface area contributed by atoms with Gasteiger partial charge in [0, 0.05) is 26.2 Å². The summed E-state index contributed by atoms with van der Waals surface area (Å²) in [6.45, 7) is 1.98. The van der Waals surface area contributed by atoms with Gasteiger partial charge in [-0.25, -0.2) is 8.42 Å². The summed E-state index contributed by atoms with van der Waals surface area (Å²) in [6.07, 6.45) is 0.630. The average Bonchev–Trinajstić information content (AvgIpc) is 2.82. The molecule has 1 amide bonds. The monoisotopic (exact) mass is 341 g/mol. The van der Waals surface area contributed by atoms with E-state index >= 15 is 0 Å². The van der Waals surface area contributed by atoms with E-state index < -0.39 is 10.0 Å². The normalized spacial score (nSPS) is 16.9. The fraction of sp³-hybridized carbons (Fsp3) is 0.533. The molecule has 1 saturated heterocycles. The van der Waals surface area contributed by atoms with Crippen molar-refractivity contribution in [1.29, 1.82) is 0 Å². The van der Waals surface area contributed by atoms with Crippen LogP contribution >= 0.6 is 0 Å². The molecule has 7 nitrogen and oxygen atoms in total. The number of rotatable bonds is 5. The average molecular weight is 341 g/mol. The van der Waals surface area contributed by atoms with E-state index in [0.717, 1.165) is 0 Å². The highest BCUT2D eigenvalue weighted by molar-refractivity contribution is 7.89. The number of hydrogen-bond acceptors (Lipinski definition) is 5. The van der Waals surface area contributed by atoms with Crippen LogP contribution in [0, 0.1) is 0 Å². The highest BCUT2D eigenvalue weighted by Crippen LogP contribution is 2.20. The third-order valence-corrected chi connectivity index (χ3v) is 5.75. The van der Waals surface area contributed by atoms with Gasteiger partial charge >= 0.3 is 0 Å². The maximum atomic E-state index is 12.7. The molecule has 1 fully saturated rings. The molecule has 1 aliphatic heterocycles. The van der Waals surface area contributed by atoms with Gasteiger partial charge in [0.1, 0.15) is 5.75 Å². The van der Waals surface area contributed by atoms with E-state index in [1.165, 1.54) is 11.4 Å². The van der Waals surface area contributed by atoms with Crippen molar-refractivity contribution in [3.8, 4) is 5.75 Å².